The van der Waals surface area contributed by atoms with Crippen LogP contribution in [0.3, 0.4) is 0 Å². The number of nitrogens with two attached hydrogens (primary N) is 1. The summed E-state index contributed by atoms with van der Waals surface area (Å²) in [6, 6.07) is 12.4. The summed E-state index contributed by atoms with van der Waals surface area (Å²) in [6.07, 6.45) is 2.32. The van der Waals surface area contributed by atoms with Crippen LogP contribution in [0.25, 0.3) is 10.8 Å². The van der Waals surface area contributed by atoms with Crippen molar-refractivity contribution >= 4 is 10.8 Å². The molecule has 0 amide bonds. The van der Waals surface area contributed by atoms with Crippen LogP contribution in [-0.4, -0.2) is 29.6 Å². The Morgan fingerprint density at radius 1 is 1.19 bits per heavy atom. The van der Waals surface area contributed by atoms with E-state index in [9.17, 15) is 5.11 Å². The molecule has 3 nitrogen and oxygen atoms in total. The normalized spacial score (nSPS) is 19.0. The molecule has 1 atom stereocenters. The topological polar surface area (TPSA) is 49.5 Å². The molecule has 1 unspecified atom stereocenters. The zero-order valence-corrected chi connectivity index (χ0v) is 12.6. The molecule has 0 spiro atoms. The molecule has 1 aliphatic rings. The molecule has 0 bridgehead atoms. The monoisotopic (exact) mass is 284 g/mol. The molecular weight excluding hydrogens is 260 g/mol. The first-order chi connectivity index (χ1) is 10.2. The molecule has 112 valence electrons. The second kappa shape index (κ2) is 6.04. The molecule has 3 heteroatoms. The molecule has 0 aromatic heterocycles. The highest BCUT2D eigenvalue weighted by Crippen LogP contribution is 2.36. The van der Waals surface area contributed by atoms with Crippen molar-refractivity contribution in [3.8, 4) is 5.75 Å². The van der Waals surface area contributed by atoms with Crippen molar-refractivity contribution < 1.29 is 5.11 Å². The molecule has 0 radical (unpaired) electrons. The van der Waals surface area contributed by atoms with Crippen molar-refractivity contribution in [2.75, 3.05) is 19.6 Å². The van der Waals surface area contributed by atoms with E-state index >= 15 is 0 Å². The summed E-state index contributed by atoms with van der Waals surface area (Å²) in [6.45, 7) is 5.11. The van der Waals surface area contributed by atoms with Crippen LogP contribution in [0.5, 0.6) is 5.75 Å². The summed E-state index contributed by atoms with van der Waals surface area (Å²) >= 11 is 0. The summed E-state index contributed by atoms with van der Waals surface area (Å²) in [5, 5.41) is 12.6. The minimum absolute atomic E-state index is 0.244. The molecule has 2 aromatic carbocycles. The fourth-order valence-electron chi connectivity index (χ4n) is 3.38. The van der Waals surface area contributed by atoms with E-state index in [2.05, 4.69) is 24.0 Å². The number of benzene rings is 2. The third-order valence-electron chi connectivity index (χ3n) is 4.91. The fraction of sp³-hybridized carbons (Fsp3) is 0.444. The Balaban J connectivity index is 1.85. The average Bonchev–Trinajstić information content (AvgIpc) is 2.55. The second-order valence-corrected chi connectivity index (χ2v) is 6.12. The van der Waals surface area contributed by atoms with Gasteiger partial charge in [0.05, 0.1) is 0 Å². The highest BCUT2D eigenvalue weighted by atomic mass is 16.3. The van der Waals surface area contributed by atoms with Gasteiger partial charge < -0.3 is 10.8 Å². The van der Waals surface area contributed by atoms with Gasteiger partial charge in [0.25, 0.3) is 0 Å². The maximum atomic E-state index is 10.6. The van der Waals surface area contributed by atoms with Crippen LogP contribution >= 0.6 is 0 Å². The lowest BCUT2D eigenvalue weighted by Gasteiger charge is -2.36. The van der Waals surface area contributed by atoms with Gasteiger partial charge in [-0.2, -0.15) is 0 Å². The highest BCUT2D eigenvalue weighted by molar-refractivity contribution is 5.89. The minimum atomic E-state index is 0.244. The Labute approximate surface area is 126 Å². The molecule has 2 aromatic rings. The molecular formula is C18H24N2O. The first-order valence-electron chi connectivity index (χ1n) is 7.85. The first-order valence-corrected chi connectivity index (χ1v) is 7.85. The van der Waals surface area contributed by atoms with Crippen molar-refractivity contribution in [2.24, 2.45) is 11.7 Å². The number of hydrogen-bond donors (Lipinski definition) is 2. The predicted octanol–water partition coefficient (Wildman–Crippen LogP) is 3.28. The Morgan fingerprint density at radius 3 is 2.62 bits per heavy atom. The van der Waals surface area contributed by atoms with E-state index in [1.165, 1.54) is 0 Å². The zero-order chi connectivity index (χ0) is 14.8. The lowest BCUT2D eigenvalue weighted by Crippen LogP contribution is -2.37. The number of rotatable bonds is 3. The SMILES string of the molecule is CC(c1ccc2ccccc2c1O)N1CCC(CN)CC1. The minimum Gasteiger partial charge on any atom is -0.507 e. The van der Waals surface area contributed by atoms with Gasteiger partial charge in [0.1, 0.15) is 5.75 Å². The van der Waals surface area contributed by atoms with Gasteiger partial charge in [-0.25, -0.2) is 0 Å². The van der Waals surface area contributed by atoms with E-state index in [4.69, 9.17) is 5.73 Å². The fourth-order valence-corrected chi connectivity index (χ4v) is 3.38. The van der Waals surface area contributed by atoms with Crippen molar-refractivity contribution in [3.05, 3.63) is 42.0 Å². The largest absolute Gasteiger partial charge is 0.507 e. The maximum absolute atomic E-state index is 10.6. The highest BCUT2D eigenvalue weighted by Gasteiger charge is 2.24. The number of likely N-dealkylation sites (tertiary alicyclic amines) is 1. The van der Waals surface area contributed by atoms with Gasteiger partial charge >= 0.3 is 0 Å². The standard InChI is InChI=1S/C18H24N2O/c1-13(20-10-8-14(12-19)9-11-20)16-7-6-15-4-2-3-5-17(15)18(16)21/h2-7,13-14,21H,8-12,19H2,1H3. The van der Waals surface area contributed by atoms with Gasteiger partial charge in [0, 0.05) is 17.0 Å². The van der Waals surface area contributed by atoms with E-state index in [1.54, 1.807) is 0 Å². The molecule has 1 saturated heterocycles. The van der Waals surface area contributed by atoms with Gasteiger partial charge in [0.15, 0.2) is 0 Å². The van der Waals surface area contributed by atoms with Crippen molar-refractivity contribution in [2.45, 2.75) is 25.8 Å². The lowest BCUT2D eigenvalue weighted by atomic mass is 9.94. The van der Waals surface area contributed by atoms with Gasteiger partial charge in [-0.3, -0.25) is 4.90 Å². The van der Waals surface area contributed by atoms with Gasteiger partial charge in [-0.1, -0.05) is 36.4 Å². The molecule has 0 aliphatic carbocycles. The summed E-state index contributed by atoms with van der Waals surface area (Å²) in [7, 11) is 0. The number of nitrogens with zero attached hydrogens (tertiary/aromatic N) is 1. The molecule has 1 fully saturated rings. The number of aromatic hydroxyl groups is 1. The van der Waals surface area contributed by atoms with Crippen LogP contribution in [0.2, 0.25) is 0 Å². The Morgan fingerprint density at radius 2 is 1.90 bits per heavy atom. The van der Waals surface area contributed by atoms with Crippen molar-refractivity contribution in [3.63, 3.8) is 0 Å². The molecule has 3 N–H and O–H groups in total. The van der Waals surface area contributed by atoms with Gasteiger partial charge in [0.2, 0.25) is 0 Å². The van der Waals surface area contributed by atoms with E-state index in [0.717, 1.165) is 48.8 Å². The van der Waals surface area contributed by atoms with Crippen molar-refractivity contribution in [1.29, 1.82) is 0 Å². The second-order valence-electron chi connectivity index (χ2n) is 6.12. The number of fused-ring (bicyclic) bond motifs is 1. The van der Waals surface area contributed by atoms with Crippen LogP contribution in [-0.2, 0) is 0 Å². The van der Waals surface area contributed by atoms with Crippen molar-refractivity contribution in [1.82, 2.24) is 4.90 Å². The van der Waals surface area contributed by atoms with Crippen LogP contribution in [0.1, 0.15) is 31.4 Å². The van der Waals surface area contributed by atoms with Gasteiger partial charge in [-0.05, 0) is 50.7 Å². The first kappa shape index (κ1) is 14.4. The molecule has 21 heavy (non-hydrogen) atoms. The third-order valence-corrected chi connectivity index (χ3v) is 4.91. The van der Waals surface area contributed by atoms with Gasteiger partial charge in [-0.15, -0.1) is 0 Å². The zero-order valence-electron chi connectivity index (χ0n) is 12.6. The smallest absolute Gasteiger partial charge is 0.128 e. The maximum Gasteiger partial charge on any atom is 0.128 e. The average molecular weight is 284 g/mol. The number of phenols is 1. The van der Waals surface area contributed by atoms with Crippen LogP contribution in [0.15, 0.2) is 36.4 Å². The molecule has 1 aliphatic heterocycles. The summed E-state index contributed by atoms with van der Waals surface area (Å²) < 4.78 is 0. The third kappa shape index (κ3) is 2.76. The van der Waals surface area contributed by atoms with Crippen LogP contribution < -0.4 is 5.73 Å². The van der Waals surface area contributed by atoms with E-state index < -0.39 is 0 Å². The number of phenolic OH excluding ortho intramolecular Hbond substituents is 1. The Bertz CT molecular complexity index is 618. The number of piperidine rings is 1. The van der Waals surface area contributed by atoms with E-state index in [1.807, 2.05) is 24.3 Å². The van der Waals surface area contributed by atoms with Crippen LogP contribution in [0, 0.1) is 5.92 Å². The summed E-state index contributed by atoms with van der Waals surface area (Å²) in [4.78, 5) is 2.45. The quantitative estimate of drug-likeness (QED) is 0.909. The Hall–Kier alpha value is -1.58. The molecule has 1 heterocycles. The van der Waals surface area contributed by atoms with E-state index in [-0.39, 0.29) is 6.04 Å². The lowest BCUT2D eigenvalue weighted by molar-refractivity contribution is 0.142. The van der Waals surface area contributed by atoms with E-state index in [0.29, 0.717) is 11.7 Å². The molecule has 3 rings (SSSR count). The summed E-state index contributed by atoms with van der Waals surface area (Å²) in [5.41, 5.74) is 6.79. The molecule has 0 saturated carbocycles. The Kier molecular flexibility index (Phi) is 4.13. The predicted molar refractivity (Wildman–Crippen MR) is 87.4 cm³/mol. The number of hydrogen-bond acceptors (Lipinski definition) is 3. The van der Waals surface area contributed by atoms with Crippen LogP contribution in [0.4, 0.5) is 0 Å². The summed E-state index contributed by atoms with van der Waals surface area (Å²) in [5.74, 6) is 1.10.